The van der Waals surface area contributed by atoms with Crippen molar-refractivity contribution in [1.82, 2.24) is 0 Å². The summed E-state index contributed by atoms with van der Waals surface area (Å²) in [5.41, 5.74) is 5.21. The summed E-state index contributed by atoms with van der Waals surface area (Å²) >= 11 is 6.49. The first-order chi connectivity index (χ1) is 9.75. The highest BCUT2D eigenvalue weighted by Gasteiger charge is 2.44. The van der Waals surface area contributed by atoms with Crippen molar-refractivity contribution < 1.29 is 19.4 Å². The van der Waals surface area contributed by atoms with Gasteiger partial charge in [-0.2, -0.15) is 0 Å². The minimum atomic E-state index is -1.13. The number of carboxylic acids is 1. The molecular formula is C13H14Br2N2O4. The number of nitrogens with one attached hydrogen (secondary N) is 1. The molecule has 0 bridgehead atoms. The van der Waals surface area contributed by atoms with Crippen molar-refractivity contribution in [2.45, 2.75) is 13.0 Å². The molecule has 2 unspecified atom stereocenters. The number of aromatic carboxylic acids is 1. The normalized spacial score (nSPS) is 24.9. The molecule has 0 aliphatic carbocycles. The van der Waals surface area contributed by atoms with Gasteiger partial charge in [0.25, 0.3) is 0 Å². The molecule has 1 aromatic rings. The van der Waals surface area contributed by atoms with Crippen LogP contribution in [0, 0.1) is 5.41 Å². The van der Waals surface area contributed by atoms with Gasteiger partial charge in [-0.1, -0.05) is 15.9 Å². The first-order valence-corrected chi connectivity index (χ1v) is 7.71. The van der Waals surface area contributed by atoms with Gasteiger partial charge in [-0.05, 0) is 35.0 Å². The molecule has 1 amide bonds. The molecule has 0 radical (unpaired) electrons. The Labute approximate surface area is 138 Å². The number of amides is 1. The van der Waals surface area contributed by atoms with Crippen molar-refractivity contribution in [3.05, 3.63) is 26.6 Å². The fourth-order valence-electron chi connectivity index (χ4n) is 2.05. The molecule has 2 atom stereocenters. The minimum absolute atomic E-state index is 0.0133. The Bertz CT molecular complexity index is 608. The van der Waals surface area contributed by atoms with E-state index in [0.29, 0.717) is 15.6 Å². The predicted molar refractivity (Wildman–Crippen MR) is 84.3 cm³/mol. The molecule has 8 heteroatoms. The molecule has 2 rings (SSSR count). The van der Waals surface area contributed by atoms with Gasteiger partial charge < -0.3 is 20.9 Å². The molecule has 1 aliphatic heterocycles. The van der Waals surface area contributed by atoms with Crippen molar-refractivity contribution in [2.24, 2.45) is 11.1 Å². The van der Waals surface area contributed by atoms with Crippen LogP contribution in [0.5, 0.6) is 0 Å². The predicted octanol–water partition coefficient (Wildman–Crippen LogP) is 2.21. The van der Waals surface area contributed by atoms with E-state index < -0.39 is 17.4 Å². The van der Waals surface area contributed by atoms with Gasteiger partial charge in [-0.25, -0.2) is 4.79 Å². The lowest BCUT2D eigenvalue weighted by Crippen LogP contribution is -2.47. The minimum Gasteiger partial charge on any atom is -0.478 e. The molecular weight excluding hydrogens is 408 g/mol. The lowest BCUT2D eigenvalue weighted by molar-refractivity contribution is -0.125. The van der Waals surface area contributed by atoms with Gasteiger partial charge in [-0.15, -0.1) is 0 Å². The van der Waals surface area contributed by atoms with Crippen LogP contribution in [-0.4, -0.2) is 36.2 Å². The fourth-order valence-corrected chi connectivity index (χ4v) is 3.37. The lowest BCUT2D eigenvalue weighted by Gasteiger charge is -2.26. The Hall–Kier alpha value is -0.960. The van der Waals surface area contributed by atoms with Gasteiger partial charge in [0.05, 0.1) is 29.9 Å². The zero-order valence-corrected chi connectivity index (χ0v) is 14.3. The van der Waals surface area contributed by atoms with E-state index in [1.54, 1.807) is 13.0 Å². The van der Waals surface area contributed by atoms with E-state index in [1.807, 2.05) is 0 Å². The zero-order valence-electron chi connectivity index (χ0n) is 11.2. The molecule has 1 aliphatic rings. The van der Waals surface area contributed by atoms with Crippen molar-refractivity contribution in [3.8, 4) is 0 Å². The number of hydrogen-bond acceptors (Lipinski definition) is 4. The highest BCUT2D eigenvalue weighted by Crippen LogP contribution is 2.34. The van der Waals surface area contributed by atoms with Crippen LogP contribution in [0.2, 0.25) is 0 Å². The highest BCUT2D eigenvalue weighted by molar-refractivity contribution is 9.11. The van der Waals surface area contributed by atoms with Crippen LogP contribution in [0.3, 0.4) is 0 Å². The fraction of sp³-hybridized carbons (Fsp3) is 0.385. The lowest BCUT2D eigenvalue weighted by atomic mass is 9.84. The first-order valence-electron chi connectivity index (χ1n) is 6.13. The third-order valence-electron chi connectivity index (χ3n) is 3.56. The zero-order chi connectivity index (χ0) is 15.8. The molecule has 114 valence electrons. The Morgan fingerprint density at radius 3 is 2.67 bits per heavy atom. The van der Waals surface area contributed by atoms with E-state index in [4.69, 9.17) is 10.5 Å². The van der Waals surface area contributed by atoms with Gasteiger partial charge in [-0.3, -0.25) is 4.79 Å². The molecule has 0 spiro atoms. The number of benzene rings is 1. The van der Waals surface area contributed by atoms with Crippen molar-refractivity contribution >= 4 is 49.4 Å². The van der Waals surface area contributed by atoms with Crippen LogP contribution in [0.15, 0.2) is 21.1 Å². The Balaban J connectivity index is 2.36. The van der Waals surface area contributed by atoms with E-state index in [0.717, 1.165) is 0 Å². The molecule has 1 fully saturated rings. The van der Waals surface area contributed by atoms with Gasteiger partial charge in [0, 0.05) is 15.0 Å². The maximum atomic E-state index is 12.5. The quantitative estimate of drug-likeness (QED) is 0.694. The van der Waals surface area contributed by atoms with Gasteiger partial charge >= 0.3 is 5.97 Å². The van der Waals surface area contributed by atoms with E-state index in [2.05, 4.69) is 37.2 Å². The number of hydrogen-bond donors (Lipinski definition) is 3. The van der Waals surface area contributed by atoms with Crippen LogP contribution >= 0.6 is 31.9 Å². The topological polar surface area (TPSA) is 102 Å². The molecule has 1 saturated heterocycles. The summed E-state index contributed by atoms with van der Waals surface area (Å²) in [5, 5.41) is 11.9. The molecule has 6 nitrogen and oxygen atoms in total. The summed E-state index contributed by atoms with van der Waals surface area (Å²) < 4.78 is 6.30. The summed E-state index contributed by atoms with van der Waals surface area (Å²) in [5.74, 6) is -1.50. The van der Waals surface area contributed by atoms with Crippen LogP contribution in [-0.2, 0) is 9.53 Å². The second kappa shape index (κ2) is 6.04. The Morgan fingerprint density at radius 2 is 2.14 bits per heavy atom. The van der Waals surface area contributed by atoms with Crippen molar-refractivity contribution in [3.63, 3.8) is 0 Å². The number of carbonyl (C=O) groups is 2. The summed E-state index contributed by atoms with van der Waals surface area (Å²) in [6, 6.07) is 2.66. The molecule has 0 saturated carbocycles. The van der Waals surface area contributed by atoms with Crippen molar-refractivity contribution in [1.29, 1.82) is 0 Å². The number of rotatable bonds is 3. The van der Waals surface area contributed by atoms with E-state index in [-0.39, 0.29) is 23.8 Å². The molecule has 1 aromatic carbocycles. The summed E-state index contributed by atoms with van der Waals surface area (Å²) in [6.07, 6.45) is 0. The largest absolute Gasteiger partial charge is 0.478 e. The second-order valence-electron chi connectivity index (χ2n) is 5.11. The van der Waals surface area contributed by atoms with E-state index >= 15 is 0 Å². The number of nitrogens with two attached hydrogens (primary N) is 1. The number of carboxylic acid groups (broad SMARTS) is 1. The van der Waals surface area contributed by atoms with E-state index in [9.17, 15) is 14.7 Å². The summed E-state index contributed by atoms with van der Waals surface area (Å²) in [6.45, 7) is 2.21. The van der Waals surface area contributed by atoms with Gasteiger partial charge in [0.2, 0.25) is 5.91 Å². The van der Waals surface area contributed by atoms with Gasteiger partial charge in [0.15, 0.2) is 0 Å². The average Bonchev–Trinajstić information content (AvgIpc) is 2.73. The monoisotopic (exact) mass is 420 g/mol. The smallest absolute Gasteiger partial charge is 0.337 e. The molecule has 21 heavy (non-hydrogen) atoms. The maximum absolute atomic E-state index is 12.5. The van der Waals surface area contributed by atoms with Crippen LogP contribution in [0.25, 0.3) is 0 Å². The maximum Gasteiger partial charge on any atom is 0.337 e. The molecule has 0 aromatic heterocycles. The van der Waals surface area contributed by atoms with Crippen LogP contribution in [0.1, 0.15) is 17.3 Å². The number of anilines is 1. The molecule has 1 heterocycles. The second-order valence-corrected chi connectivity index (χ2v) is 6.88. The number of ether oxygens (including phenoxy) is 1. The standard InChI is InChI=1S/C13H14Br2N2O4/c1-13(5-21-4-9(13)16)12(20)17-10-7(11(18)19)2-6(14)3-8(10)15/h2-3,9H,4-5,16H2,1H3,(H,17,20)(H,18,19). The number of halogens is 2. The summed E-state index contributed by atoms with van der Waals surface area (Å²) in [4.78, 5) is 23.8. The highest BCUT2D eigenvalue weighted by atomic mass is 79.9. The first kappa shape index (κ1) is 16.4. The Morgan fingerprint density at radius 1 is 1.48 bits per heavy atom. The van der Waals surface area contributed by atoms with Crippen LogP contribution < -0.4 is 11.1 Å². The Kier molecular flexibility index (Phi) is 4.72. The van der Waals surface area contributed by atoms with Crippen molar-refractivity contribution in [2.75, 3.05) is 18.5 Å². The average molecular weight is 422 g/mol. The summed E-state index contributed by atoms with van der Waals surface area (Å²) in [7, 11) is 0. The van der Waals surface area contributed by atoms with Crippen LogP contribution in [0.4, 0.5) is 5.69 Å². The third kappa shape index (κ3) is 3.13. The van der Waals surface area contributed by atoms with Gasteiger partial charge in [0.1, 0.15) is 0 Å². The third-order valence-corrected chi connectivity index (χ3v) is 4.64. The molecule has 4 N–H and O–H groups in total. The van der Waals surface area contributed by atoms with E-state index in [1.165, 1.54) is 6.07 Å². The SMILES string of the molecule is CC1(C(=O)Nc2c(Br)cc(Br)cc2C(=O)O)COCC1N. The number of carbonyl (C=O) groups excluding carboxylic acids is 1.